The number of carbonyl (C=O) groups is 2. The second-order valence-electron chi connectivity index (χ2n) is 5.03. The van der Waals surface area contributed by atoms with Gasteiger partial charge in [-0.1, -0.05) is 0 Å². The normalized spacial score (nSPS) is 14.7. The fraction of sp³-hybridized carbons (Fsp3) is 0.615. The number of aliphatic carboxylic acids is 1. The summed E-state index contributed by atoms with van der Waals surface area (Å²) < 4.78 is 0. The molecule has 1 aromatic heterocycles. The van der Waals surface area contributed by atoms with E-state index in [9.17, 15) is 9.59 Å². The van der Waals surface area contributed by atoms with Crippen LogP contribution in [0.5, 0.6) is 0 Å². The Hall–Kier alpha value is -1.63. The van der Waals surface area contributed by atoms with E-state index >= 15 is 0 Å². The summed E-state index contributed by atoms with van der Waals surface area (Å²) >= 11 is 1.54. The van der Waals surface area contributed by atoms with Crippen LogP contribution in [0.2, 0.25) is 0 Å². The Labute approximate surface area is 121 Å². The highest BCUT2D eigenvalue weighted by molar-refractivity contribution is 7.15. The van der Waals surface area contributed by atoms with Gasteiger partial charge in [-0.3, -0.25) is 10.1 Å². The zero-order chi connectivity index (χ0) is 14.5. The van der Waals surface area contributed by atoms with Crippen molar-refractivity contribution in [3.05, 3.63) is 10.6 Å². The Bertz CT molecular complexity index is 480. The molecule has 0 fully saturated rings. The Morgan fingerprint density at radius 2 is 2.25 bits per heavy atom. The number of fused-ring (bicyclic) bond motifs is 1. The molecule has 2 rings (SSSR count). The summed E-state index contributed by atoms with van der Waals surface area (Å²) in [4.78, 5) is 27.8. The number of thiazole rings is 1. The van der Waals surface area contributed by atoms with Gasteiger partial charge in [0.2, 0.25) is 0 Å². The van der Waals surface area contributed by atoms with Gasteiger partial charge in [-0.2, -0.15) is 0 Å². The summed E-state index contributed by atoms with van der Waals surface area (Å²) in [6, 6.07) is -0.332. The van der Waals surface area contributed by atoms with Crippen molar-refractivity contribution in [3.8, 4) is 0 Å². The van der Waals surface area contributed by atoms with Gasteiger partial charge in [-0.25, -0.2) is 9.78 Å². The van der Waals surface area contributed by atoms with Crippen LogP contribution >= 0.6 is 11.3 Å². The van der Waals surface area contributed by atoms with Crippen molar-refractivity contribution in [2.75, 3.05) is 5.32 Å². The van der Waals surface area contributed by atoms with Gasteiger partial charge in [-0.15, -0.1) is 11.3 Å². The van der Waals surface area contributed by atoms with Gasteiger partial charge in [0.25, 0.3) is 0 Å². The number of nitrogens with one attached hydrogen (secondary N) is 2. The van der Waals surface area contributed by atoms with E-state index in [1.54, 1.807) is 0 Å². The molecule has 3 N–H and O–H groups in total. The Morgan fingerprint density at radius 1 is 1.45 bits per heavy atom. The summed E-state index contributed by atoms with van der Waals surface area (Å²) in [6.07, 6.45) is 4.55. The highest BCUT2D eigenvalue weighted by Gasteiger charge is 2.18. The monoisotopic (exact) mass is 297 g/mol. The first-order valence-electron chi connectivity index (χ1n) is 6.82. The summed E-state index contributed by atoms with van der Waals surface area (Å²) in [5.74, 6) is -0.807. The summed E-state index contributed by atoms with van der Waals surface area (Å²) in [7, 11) is 0. The molecule has 1 aliphatic rings. The molecule has 110 valence electrons. The number of aryl methyl sites for hydroxylation is 2. The lowest BCUT2D eigenvalue weighted by Crippen LogP contribution is -2.36. The number of hydrogen-bond donors (Lipinski definition) is 3. The molecule has 7 heteroatoms. The maximum absolute atomic E-state index is 11.8. The molecule has 0 spiro atoms. The van der Waals surface area contributed by atoms with Crippen LogP contribution in [0.3, 0.4) is 0 Å². The lowest BCUT2D eigenvalue weighted by Gasteiger charge is -2.13. The van der Waals surface area contributed by atoms with Crippen molar-refractivity contribution in [1.29, 1.82) is 0 Å². The third-order valence-corrected chi connectivity index (χ3v) is 4.29. The first-order valence-corrected chi connectivity index (χ1v) is 7.64. The molecule has 1 heterocycles. The van der Waals surface area contributed by atoms with E-state index in [1.807, 2.05) is 6.92 Å². The number of carboxylic acid groups (broad SMARTS) is 1. The Morgan fingerprint density at radius 3 is 2.95 bits per heavy atom. The van der Waals surface area contributed by atoms with Crippen molar-refractivity contribution in [2.24, 2.45) is 0 Å². The van der Waals surface area contributed by atoms with Crippen LogP contribution in [-0.2, 0) is 17.6 Å². The topological polar surface area (TPSA) is 91.3 Å². The van der Waals surface area contributed by atoms with E-state index < -0.39 is 5.97 Å². The zero-order valence-corrected chi connectivity index (χ0v) is 12.3. The van der Waals surface area contributed by atoms with Crippen LogP contribution < -0.4 is 10.6 Å². The van der Waals surface area contributed by atoms with Gasteiger partial charge < -0.3 is 10.4 Å². The molecule has 0 aromatic carbocycles. The predicted molar refractivity (Wildman–Crippen MR) is 77.2 cm³/mol. The molecule has 1 atom stereocenters. The highest BCUT2D eigenvalue weighted by Crippen LogP contribution is 2.30. The average molecular weight is 297 g/mol. The van der Waals surface area contributed by atoms with E-state index in [0.717, 1.165) is 25.0 Å². The molecule has 0 bridgehead atoms. The summed E-state index contributed by atoms with van der Waals surface area (Å²) in [6.45, 7) is 1.86. The molecule has 6 nitrogen and oxygen atoms in total. The van der Waals surface area contributed by atoms with Crippen LogP contribution in [0.4, 0.5) is 9.93 Å². The molecule has 1 aromatic rings. The second-order valence-corrected chi connectivity index (χ2v) is 6.11. The van der Waals surface area contributed by atoms with Crippen molar-refractivity contribution in [2.45, 2.75) is 51.5 Å². The standard InChI is InChI=1S/C13H19N3O3S/c1-8(4-2-7-11(17)18)14-12(19)16-13-15-9-5-3-6-10(9)20-13/h8H,2-7H2,1H3,(H,17,18)(H2,14,15,16,19). The predicted octanol–water partition coefficient (Wildman–Crippen LogP) is 2.40. The largest absolute Gasteiger partial charge is 0.481 e. The highest BCUT2D eigenvalue weighted by atomic mass is 32.1. The third kappa shape index (κ3) is 4.19. The summed E-state index contributed by atoms with van der Waals surface area (Å²) in [5, 5.41) is 14.7. The summed E-state index contributed by atoms with van der Waals surface area (Å²) in [5.41, 5.74) is 1.11. The van der Waals surface area contributed by atoms with Crippen LogP contribution in [0.1, 0.15) is 43.2 Å². The first kappa shape index (κ1) is 14.8. The lowest BCUT2D eigenvalue weighted by molar-refractivity contribution is -0.137. The van der Waals surface area contributed by atoms with E-state index in [1.165, 1.54) is 16.2 Å². The van der Waals surface area contributed by atoms with Crippen molar-refractivity contribution in [3.63, 3.8) is 0 Å². The van der Waals surface area contributed by atoms with Crippen LogP contribution in [0, 0.1) is 0 Å². The number of nitrogens with zero attached hydrogens (tertiary/aromatic N) is 1. The quantitative estimate of drug-likeness (QED) is 0.752. The van der Waals surface area contributed by atoms with Crippen molar-refractivity contribution < 1.29 is 14.7 Å². The molecule has 1 unspecified atom stereocenters. The van der Waals surface area contributed by atoms with E-state index in [0.29, 0.717) is 18.0 Å². The van der Waals surface area contributed by atoms with Crippen LogP contribution in [-0.4, -0.2) is 28.1 Å². The molecular weight excluding hydrogens is 278 g/mol. The van der Waals surface area contributed by atoms with Crippen LogP contribution in [0.15, 0.2) is 0 Å². The molecule has 20 heavy (non-hydrogen) atoms. The second kappa shape index (κ2) is 6.69. The number of amides is 2. The van der Waals surface area contributed by atoms with E-state index in [-0.39, 0.29) is 18.5 Å². The minimum absolute atomic E-state index is 0.0545. The van der Waals surface area contributed by atoms with Gasteiger partial charge in [0, 0.05) is 17.3 Å². The molecule has 0 saturated heterocycles. The minimum Gasteiger partial charge on any atom is -0.481 e. The SMILES string of the molecule is CC(CCCC(=O)O)NC(=O)Nc1nc2c(s1)CCC2. The zero-order valence-electron chi connectivity index (χ0n) is 11.4. The maximum atomic E-state index is 11.8. The molecule has 0 aliphatic heterocycles. The first-order chi connectivity index (χ1) is 9.54. The molecule has 0 saturated carbocycles. The smallest absolute Gasteiger partial charge is 0.321 e. The molecule has 1 aliphatic carbocycles. The van der Waals surface area contributed by atoms with Gasteiger partial charge in [0.1, 0.15) is 0 Å². The molecule has 2 amide bonds. The minimum atomic E-state index is -0.807. The number of urea groups is 1. The van der Waals surface area contributed by atoms with Gasteiger partial charge in [0.05, 0.1) is 5.69 Å². The number of hydrogen-bond acceptors (Lipinski definition) is 4. The third-order valence-electron chi connectivity index (χ3n) is 3.22. The number of carbonyl (C=O) groups excluding carboxylic acids is 1. The lowest BCUT2D eigenvalue weighted by atomic mass is 10.1. The number of rotatable bonds is 6. The van der Waals surface area contributed by atoms with E-state index in [2.05, 4.69) is 15.6 Å². The van der Waals surface area contributed by atoms with Crippen molar-refractivity contribution in [1.82, 2.24) is 10.3 Å². The fourth-order valence-corrected chi connectivity index (χ4v) is 3.28. The average Bonchev–Trinajstić information content (AvgIpc) is 2.88. The number of carboxylic acids is 1. The fourth-order valence-electron chi connectivity index (χ4n) is 2.23. The van der Waals surface area contributed by atoms with Gasteiger partial charge in [-0.05, 0) is 39.0 Å². The Balaban J connectivity index is 1.72. The van der Waals surface area contributed by atoms with Gasteiger partial charge >= 0.3 is 12.0 Å². The van der Waals surface area contributed by atoms with E-state index in [4.69, 9.17) is 5.11 Å². The van der Waals surface area contributed by atoms with Gasteiger partial charge in [0.15, 0.2) is 5.13 Å². The molecule has 0 radical (unpaired) electrons. The van der Waals surface area contributed by atoms with Crippen LogP contribution in [0.25, 0.3) is 0 Å². The number of aromatic nitrogens is 1. The maximum Gasteiger partial charge on any atom is 0.321 e. The van der Waals surface area contributed by atoms with Crippen molar-refractivity contribution >= 4 is 28.5 Å². The molecular formula is C13H19N3O3S. The Kier molecular flexibility index (Phi) is 4.94. The number of anilines is 1.